The van der Waals surface area contributed by atoms with E-state index in [2.05, 4.69) is 12.1 Å². The van der Waals surface area contributed by atoms with Gasteiger partial charge in [0.25, 0.3) is 0 Å². The average molecular weight is 397 g/mol. The highest BCUT2D eigenvalue weighted by atomic mass is 32.1. The first kappa shape index (κ1) is 18.8. The Morgan fingerprint density at radius 1 is 1.14 bits per heavy atom. The lowest BCUT2D eigenvalue weighted by Crippen LogP contribution is -2.04. The minimum absolute atomic E-state index is 0.214. The molecule has 1 aromatic heterocycles. The van der Waals surface area contributed by atoms with Crippen LogP contribution in [0, 0.1) is 6.92 Å². The van der Waals surface area contributed by atoms with E-state index < -0.39 is 5.97 Å². The molecule has 3 aromatic rings. The lowest BCUT2D eigenvalue weighted by molar-refractivity contribution is 0.0700. The SMILES string of the molecule is COc1cc2c(Oc3cccc(C4CCCCC4)c3)c(C(=O)O)sc2cc1C. The number of hydrogen-bond donors (Lipinski definition) is 1. The van der Waals surface area contributed by atoms with E-state index in [-0.39, 0.29) is 4.88 Å². The summed E-state index contributed by atoms with van der Waals surface area (Å²) in [5, 5.41) is 10.5. The first-order valence-corrected chi connectivity index (χ1v) is 10.5. The van der Waals surface area contributed by atoms with Crippen molar-refractivity contribution in [2.75, 3.05) is 7.11 Å². The summed E-state index contributed by atoms with van der Waals surface area (Å²) < 4.78 is 12.5. The third kappa shape index (κ3) is 3.59. The summed E-state index contributed by atoms with van der Waals surface area (Å²) in [6.07, 6.45) is 6.28. The van der Waals surface area contributed by atoms with Crippen molar-refractivity contribution in [2.45, 2.75) is 44.9 Å². The van der Waals surface area contributed by atoms with Gasteiger partial charge in [0, 0.05) is 10.1 Å². The summed E-state index contributed by atoms with van der Waals surface area (Å²) in [7, 11) is 1.62. The smallest absolute Gasteiger partial charge is 0.349 e. The van der Waals surface area contributed by atoms with Gasteiger partial charge in [0.15, 0.2) is 10.6 Å². The zero-order valence-electron chi connectivity index (χ0n) is 16.2. The van der Waals surface area contributed by atoms with Crippen molar-refractivity contribution in [1.29, 1.82) is 0 Å². The van der Waals surface area contributed by atoms with Gasteiger partial charge in [-0.1, -0.05) is 31.4 Å². The Balaban J connectivity index is 1.74. The van der Waals surface area contributed by atoms with Crippen LogP contribution in [0.1, 0.15) is 58.8 Å². The first-order chi connectivity index (χ1) is 13.6. The second-order valence-corrected chi connectivity index (χ2v) is 8.45. The van der Waals surface area contributed by atoms with Crippen LogP contribution in [0.2, 0.25) is 0 Å². The fourth-order valence-electron chi connectivity index (χ4n) is 4.05. The molecule has 1 N–H and O–H groups in total. The number of rotatable bonds is 5. The van der Waals surface area contributed by atoms with Gasteiger partial charge in [-0.3, -0.25) is 0 Å². The van der Waals surface area contributed by atoms with Crippen LogP contribution in [0.4, 0.5) is 0 Å². The second kappa shape index (κ2) is 7.84. The third-order valence-electron chi connectivity index (χ3n) is 5.51. The Morgan fingerprint density at radius 2 is 1.93 bits per heavy atom. The van der Waals surface area contributed by atoms with Gasteiger partial charge in [0.2, 0.25) is 0 Å². The number of ether oxygens (including phenoxy) is 2. The molecule has 1 aliphatic rings. The Labute approximate surface area is 168 Å². The van der Waals surface area contributed by atoms with Crippen LogP contribution >= 0.6 is 11.3 Å². The van der Waals surface area contributed by atoms with E-state index in [1.807, 2.05) is 31.2 Å². The molecule has 0 saturated heterocycles. The maximum Gasteiger partial charge on any atom is 0.349 e. The normalized spacial score (nSPS) is 14.9. The van der Waals surface area contributed by atoms with Gasteiger partial charge in [0.1, 0.15) is 11.5 Å². The molecule has 0 spiro atoms. The fraction of sp³-hybridized carbons (Fsp3) is 0.348. The molecule has 0 amide bonds. The van der Waals surface area contributed by atoms with Gasteiger partial charge < -0.3 is 14.6 Å². The molecule has 4 nitrogen and oxygen atoms in total. The summed E-state index contributed by atoms with van der Waals surface area (Å²) in [5.74, 6) is 1.40. The highest BCUT2D eigenvalue weighted by Gasteiger charge is 2.22. The van der Waals surface area contributed by atoms with Gasteiger partial charge in [-0.25, -0.2) is 4.79 Å². The highest BCUT2D eigenvalue weighted by Crippen LogP contribution is 2.43. The van der Waals surface area contributed by atoms with E-state index in [1.165, 1.54) is 49.0 Å². The molecule has 146 valence electrons. The van der Waals surface area contributed by atoms with Gasteiger partial charge in [0.05, 0.1) is 7.11 Å². The molecule has 0 bridgehead atoms. The Morgan fingerprint density at radius 3 is 2.64 bits per heavy atom. The molecule has 1 saturated carbocycles. The van der Waals surface area contributed by atoms with Crippen LogP contribution in [0.3, 0.4) is 0 Å². The topological polar surface area (TPSA) is 55.8 Å². The maximum absolute atomic E-state index is 11.8. The monoisotopic (exact) mass is 396 g/mol. The van der Waals surface area contributed by atoms with Gasteiger partial charge in [-0.15, -0.1) is 11.3 Å². The van der Waals surface area contributed by atoms with E-state index >= 15 is 0 Å². The number of carboxylic acid groups (broad SMARTS) is 1. The molecule has 5 heteroatoms. The fourth-order valence-corrected chi connectivity index (χ4v) is 5.10. The Bertz CT molecular complexity index is 1010. The van der Waals surface area contributed by atoms with E-state index in [0.29, 0.717) is 17.4 Å². The number of methoxy groups -OCH3 is 1. The number of fused-ring (bicyclic) bond motifs is 1. The van der Waals surface area contributed by atoms with E-state index in [1.54, 1.807) is 7.11 Å². The molecule has 1 fully saturated rings. The summed E-state index contributed by atoms with van der Waals surface area (Å²) in [5.41, 5.74) is 2.25. The minimum atomic E-state index is -0.976. The number of carboxylic acids is 1. The van der Waals surface area contributed by atoms with Crippen molar-refractivity contribution in [3.8, 4) is 17.2 Å². The number of aromatic carboxylic acids is 1. The number of carbonyl (C=O) groups is 1. The van der Waals surface area contributed by atoms with Gasteiger partial charge in [-0.2, -0.15) is 0 Å². The molecule has 1 aliphatic carbocycles. The molecule has 4 rings (SSSR count). The Kier molecular flexibility index (Phi) is 5.27. The second-order valence-electron chi connectivity index (χ2n) is 7.39. The number of aryl methyl sites for hydroxylation is 1. The molecule has 0 unspecified atom stereocenters. The third-order valence-corrected chi connectivity index (χ3v) is 6.63. The molecular formula is C23H24O4S. The molecule has 28 heavy (non-hydrogen) atoms. The van der Waals surface area contributed by atoms with Gasteiger partial charge >= 0.3 is 5.97 Å². The molecule has 0 aliphatic heterocycles. The van der Waals surface area contributed by atoms with Crippen molar-refractivity contribution in [3.63, 3.8) is 0 Å². The molecule has 1 heterocycles. The predicted molar refractivity (Wildman–Crippen MR) is 112 cm³/mol. The van der Waals surface area contributed by atoms with Crippen LogP contribution in [0.5, 0.6) is 17.2 Å². The minimum Gasteiger partial charge on any atom is -0.496 e. The average Bonchev–Trinajstić information content (AvgIpc) is 3.05. The largest absolute Gasteiger partial charge is 0.496 e. The van der Waals surface area contributed by atoms with Crippen molar-refractivity contribution in [2.24, 2.45) is 0 Å². The standard InChI is InChI=1S/C23H24O4S/c1-14-11-20-18(13-19(14)26-2)21(22(28-20)23(24)25)27-17-10-6-9-16(12-17)15-7-4-3-5-8-15/h6,9-13,15H,3-5,7-8H2,1-2H3,(H,24,25). The number of hydrogen-bond acceptors (Lipinski definition) is 4. The molecule has 0 radical (unpaired) electrons. The van der Waals surface area contributed by atoms with Crippen molar-refractivity contribution >= 4 is 27.4 Å². The van der Waals surface area contributed by atoms with Crippen LogP contribution < -0.4 is 9.47 Å². The maximum atomic E-state index is 11.8. The summed E-state index contributed by atoms with van der Waals surface area (Å²) in [6.45, 7) is 1.95. The molecular weight excluding hydrogens is 372 g/mol. The van der Waals surface area contributed by atoms with Crippen LogP contribution in [0.25, 0.3) is 10.1 Å². The van der Waals surface area contributed by atoms with Crippen molar-refractivity contribution < 1.29 is 19.4 Å². The zero-order chi connectivity index (χ0) is 19.7. The van der Waals surface area contributed by atoms with E-state index in [9.17, 15) is 9.90 Å². The van der Waals surface area contributed by atoms with Crippen molar-refractivity contribution in [3.05, 3.63) is 52.4 Å². The summed E-state index contributed by atoms with van der Waals surface area (Å²) >= 11 is 1.24. The zero-order valence-corrected chi connectivity index (χ0v) is 17.0. The van der Waals surface area contributed by atoms with Crippen LogP contribution in [-0.2, 0) is 0 Å². The molecule has 2 aromatic carbocycles. The lowest BCUT2D eigenvalue weighted by atomic mass is 9.84. The van der Waals surface area contributed by atoms with E-state index in [0.717, 1.165) is 21.4 Å². The lowest BCUT2D eigenvalue weighted by Gasteiger charge is -2.22. The highest BCUT2D eigenvalue weighted by molar-refractivity contribution is 7.21. The van der Waals surface area contributed by atoms with Crippen LogP contribution in [-0.4, -0.2) is 18.2 Å². The summed E-state index contributed by atoms with van der Waals surface area (Å²) in [6, 6.07) is 11.9. The Hall–Kier alpha value is -2.53. The number of benzene rings is 2. The quantitative estimate of drug-likeness (QED) is 0.518. The predicted octanol–water partition coefficient (Wildman–Crippen LogP) is 6.76. The number of thiophene rings is 1. The molecule has 0 atom stereocenters. The first-order valence-electron chi connectivity index (χ1n) is 9.69. The van der Waals surface area contributed by atoms with Crippen molar-refractivity contribution in [1.82, 2.24) is 0 Å². The summed E-state index contributed by atoms with van der Waals surface area (Å²) in [4.78, 5) is 12.0. The van der Waals surface area contributed by atoms with Crippen LogP contribution in [0.15, 0.2) is 36.4 Å². The van der Waals surface area contributed by atoms with Gasteiger partial charge in [-0.05, 0) is 61.1 Å². The van der Waals surface area contributed by atoms with E-state index in [4.69, 9.17) is 9.47 Å².